The lowest BCUT2D eigenvalue weighted by atomic mass is 9.81. The standard InChI is InChI=1S/C14H12F5NO/c1-6-2-3-7(5-20)8(4-6)21-14-12(18)10(16)9(15)11(17)13(14)19/h6-8H,2-4H2,1H3. The van der Waals surface area contributed by atoms with Crippen LogP contribution in [0, 0.1) is 52.3 Å². The van der Waals surface area contributed by atoms with Crippen LogP contribution in [0.15, 0.2) is 0 Å². The van der Waals surface area contributed by atoms with Gasteiger partial charge in [-0.3, -0.25) is 0 Å². The average molecular weight is 305 g/mol. The van der Waals surface area contributed by atoms with Crippen LogP contribution in [0.25, 0.3) is 0 Å². The quantitative estimate of drug-likeness (QED) is 0.468. The fourth-order valence-corrected chi connectivity index (χ4v) is 2.45. The zero-order valence-corrected chi connectivity index (χ0v) is 11.1. The van der Waals surface area contributed by atoms with Gasteiger partial charge in [0.05, 0.1) is 12.0 Å². The molecule has 1 aliphatic rings. The van der Waals surface area contributed by atoms with Crippen LogP contribution in [0.3, 0.4) is 0 Å². The first-order valence-electron chi connectivity index (χ1n) is 6.44. The monoisotopic (exact) mass is 305 g/mol. The van der Waals surface area contributed by atoms with Crippen LogP contribution in [-0.4, -0.2) is 6.10 Å². The molecule has 3 atom stereocenters. The van der Waals surface area contributed by atoms with E-state index in [0.29, 0.717) is 12.8 Å². The van der Waals surface area contributed by atoms with E-state index in [1.807, 2.05) is 13.0 Å². The van der Waals surface area contributed by atoms with Crippen molar-refractivity contribution >= 4 is 0 Å². The van der Waals surface area contributed by atoms with Crippen molar-refractivity contribution in [3.05, 3.63) is 29.1 Å². The number of benzene rings is 1. The molecule has 0 bridgehead atoms. The second kappa shape index (κ2) is 5.88. The van der Waals surface area contributed by atoms with Gasteiger partial charge in [0.15, 0.2) is 5.75 Å². The molecule has 1 aromatic carbocycles. The Morgan fingerprint density at radius 1 is 0.952 bits per heavy atom. The highest BCUT2D eigenvalue weighted by atomic mass is 19.2. The maximum Gasteiger partial charge on any atom is 0.207 e. The summed E-state index contributed by atoms with van der Waals surface area (Å²) < 4.78 is 71.3. The molecule has 0 radical (unpaired) electrons. The Bertz CT molecular complexity index is 569. The first-order chi connectivity index (χ1) is 9.86. The third-order valence-electron chi connectivity index (χ3n) is 3.66. The van der Waals surface area contributed by atoms with Crippen molar-refractivity contribution < 1.29 is 26.7 Å². The lowest BCUT2D eigenvalue weighted by molar-refractivity contribution is 0.0843. The average Bonchev–Trinajstić information content (AvgIpc) is 2.48. The fourth-order valence-electron chi connectivity index (χ4n) is 2.45. The normalized spacial score (nSPS) is 25.5. The van der Waals surface area contributed by atoms with E-state index in [1.165, 1.54) is 0 Å². The molecule has 3 unspecified atom stereocenters. The summed E-state index contributed by atoms with van der Waals surface area (Å²) in [5.74, 6) is -12.2. The van der Waals surface area contributed by atoms with Gasteiger partial charge in [-0.1, -0.05) is 6.92 Å². The predicted molar refractivity (Wildman–Crippen MR) is 62.8 cm³/mol. The van der Waals surface area contributed by atoms with E-state index >= 15 is 0 Å². The van der Waals surface area contributed by atoms with Gasteiger partial charge in [0.1, 0.15) is 6.10 Å². The molecule has 1 aliphatic carbocycles. The predicted octanol–water partition coefficient (Wildman–Crippen LogP) is 4.09. The van der Waals surface area contributed by atoms with Gasteiger partial charge in [-0.25, -0.2) is 13.2 Å². The van der Waals surface area contributed by atoms with E-state index < -0.39 is 46.9 Å². The molecule has 0 spiro atoms. The fraction of sp³-hybridized carbons (Fsp3) is 0.500. The Labute approximate surface area is 118 Å². The summed E-state index contributed by atoms with van der Waals surface area (Å²) in [7, 11) is 0. The minimum absolute atomic E-state index is 0.140. The van der Waals surface area contributed by atoms with Crippen molar-refractivity contribution in [3.63, 3.8) is 0 Å². The molecule has 0 aromatic heterocycles. The summed E-state index contributed by atoms with van der Waals surface area (Å²) in [5.41, 5.74) is 0. The molecule has 0 amide bonds. The summed E-state index contributed by atoms with van der Waals surface area (Å²) in [4.78, 5) is 0. The number of nitriles is 1. The van der Waals surface area contributed by atoms with Crippen LogP contribution >= 0.6 is 0 Å². The van der Waals surface area contributed by atoms with E-state index in [0.717, 1.165) is 6.42 Å². The molecule has 1 aromatic rings. The van der Waals surface area contributed by atoms with Gasteiger partial charge < -0.3 is 4.74 Å². The van der Waals surface area contributed by atoms with Gasteiger partial charge in [-0.2, -0.15) is 14.0 Å². The first-order valence-corrected chi connectivity index (χ1v) is 6.44. The molecule has 0 N–H and O–H groups in total. The summed E-state index contributed by atoms with van der Waals surface area (Å²) in [6.07, 6.45) is 0.622. The van der Waals surface area contributed by atoms with Gasteiger partial charge in [0, 0.05) is 0 Å². The summed E-state index contributed by atoms with van der Waals surface area (Å²) >= 11 is 0. The molecule has 21 heavy (non-hydrogen) atoms. The zero-order chi connectivity index (χ0) is 15.7. The third-order valence-corrected chi connectivity index (χ3v) is 3.66. The Kier molecular flexibility index (Phi) is 4.35. The molecular weight excluding hydrogens is 293 g/mol. The van der Waals surface area contributed by atoms with Gasteiger partial charge in [0.25, 0.3) is 0 Å². The first kappa shape index (κ1) is 15.5. The number of hydrogen-bond donors (Lipinski definition) is 0. The Balaban J connectivity index is 2.37. The molecule has 0 saturated heterocycles. The Morgan fingerprint density at radius 3 is 2.00 bits per heavy atom. The third kappa shape index (κ3) is 2.80. The van der Waals surface area contributed by atoms with Gasteiger partial charge in [-0.15, -0.1) is 0 Å². The number of nitrogens with zero attached hydrogens (tertiary/aromatic N) is 1. The van der Waals surface area contributed by atoms with Crippen molar-refractivity contribution in [3.8, 4) is 11.8 Å². The van der Waals surface area contributed by atoms with E-state index in [-0.39, 0.29) is 5.92 Å². The minimum atomic E-state index is -2.23. The van der Waals surface area contributed by atoms with E-state index in [1.54, 1.807) is 0 Å². The highest BCUT2D eigenvalue weighted by molar-refractivity contribution is 5.30. The summed E-state index contributed by atoms with van der Waals surface area (Å²) in [6.45, 7) is 1.86. The van der Waals surface area contributed by atoms with Crippen LogP contribution in [0.1, 0.15) is 26.2 Å². The molecule has 114 valence electrons. The van der Waals surface area contributed by atoms with Crippen molar-refractivity contribution in [2.45, 2.75) is 32.3 Å². The molecule has 1 fully saturated rings. The van der Waals surface area contributed by atoms with Crippen molar-refractivity contribution in [1.29, 1.82) is 5.26 Å². The summed E-state index contributed by atoms with van der Waals surface area (Å²) in [5, 5.41) is 8.99. The number of hydrogen-bond acceptors (Lipinski definition) is 2. The van der Waals surface area contributed by atoms with Crippen molar-refractivity contribution in [1.82, 2.24) is 0 Å². The van der Waals surface area contributed by atoms with Crippen LogP contribution < -0.4 is 4.74 Å². The zero-order valence-electron chi connectivity index (χ0n) is 11.1. The number of rotatable bonds is 2. The minimum Gasteiger partial charge on any atom is -0.483 e. The molecule has 2 rings (SSSR count). The van der Waals surface area contributed by atoms with Crippen LogP contribution in [0.4, 0.5) is 22.0 Å². The maximum absolute atomic E-state index is 13.6. The van der Waals surface area contributed by atoms with E-state index in [4.69, 9.17) is 10.00 Å². The molecule has 0 heterocycles. The lowest BCUT2D eigenvalue weighted by Crippen LogP contribution is -2.33. The topological polar surface area (TPSA) is 33.0 Å². The Hall–Kier alpha value is -1.84. The van der Waals surface area contributed by atoms with Crippen molar-refractivity contribution in [2.75, 3.05) is 0 Å². The van der Waals surface area contributed by atoms with Gasteiger partial charge in [0.2, 0.25) is 29.1 Å². The molecule has 7 heteroatoms. The molecule has 1 saturated carbocycles. The Morgan fingerprint density at radius 2 is 1.48 bits per heavy atom. The second-order valence-corrected chi connectivity index (χ2v) is 5.21. The van der Waals surface area contributed by atoms with E-state index in [9.17, 15) is 22.0 Å². The van der Waals surface area contributed by atoms with Crippen LogP contribution in [0.2, 0.25) is 0 Å². The maximum atomic E-state index is 13.6. The second-order valence-electron chi connectivity index (χ2n) is 5.21. The number of halogens is 5. The molecular formula is C14H12F5NO. The van der Waals surface area contributed by atoms with E-state index in [2.05, 4.69) is 0 Å². The SMILES string of the molecule is CC1CCC(C#N)C(Oc2c(F)c(F)c(F)c(F)c2F)C1. The molecule has 2 nitrogen and oxygen atoms in total. The highest BCUT2D eigenvalue weighted by Gasteiger charge is 2.34. The number of ether oxygens (including phenoxy) is 1. The summed E-state index contributed by atoms with van der Waals surface area (Å²) in [6, 6.07) is 1.94. The van der Waals surface area contributed by atoms with Crippen LogP contribution in [0.5, 0.6) is 5.75 Å². The van der Waals surface area contributed by atoms with Crippen molar-refractivity contribution in [2.24, 2.45) is 11.8 Å². The smallest absolute Gasteiger partial charge is 0.207 e. The van der Waals surface area contributed by atoms with Crippen LogP contribution in [-0.2, 0) is 0 Å². The highest BCUT2D eigenvalue weighted by Crippen LogP contribution is 2.35. The lowest BCUT2D eigenvalue weighted by Gasteiger charge is -2.31. The molecule has 0 aliphatic heterocycles. The van der Waals surface area contributed by atoms with Gasteiger partial charge >= 0.3 is 0 Å². The van der Waals surface area contributed by atoms with Gasteiger partial charge in [-0.05, 0) is 25.2 Å². The largest absolute Gasteiger partial charge is 0.483 e.